The largest absolute Gasteiger partial charge is 0.508 e. The summed E-state index contributed by atoms with van der Waals surface area (Å²) in [4.78, 5) is 11.8. The number of unbranched alkanes of at least 4 members (excludes halogenated alkanes) is 1. The number of phenols is 1. The maximum Gasteiger partial charge on any atom is 0.251 e. The Hall–Kier alpha value is -2.29. The Labute approximate surface area is 119 Å². The van der Waals surface area contributed by atoms with Crippen molar-refractivity contribution < 1.29 is 9.90 Å². The van der Waals surface area contributed by atoms with Crippen molar-refractivity contribution in [1.82, 2.24) is 5.32 Å². The molecule has 2 aromatic carbocycles. The third kappa shape index (κ3) is 4.43. The van der Waals surface area contributed by atoms with Gasteiger partial charge < -0.3 is 10.4 Å². The zero-order valence-electron chi connectivity index (χ0n) is 11.4. The Morgan fingerprint density at radius 3 is 2.55 bits per heavy atom. The summed E-state index contributed by atoms with van der Waals surface area (Å²) in [5, 5.41) is 12.2. The van der Waals surface area contributed by atoms with Crippen LogP contribution in [-0.2, 0) is 6.42 Å². The summed E-state index contributed by atoms with van der Waals surface area (Å²) in [6.07, 6.45) is 3.02. The summed E-state index contributed by atoms with van der Waals surface area (Å²) in [5.74, 6) is -0.0256. The molecule has 0 heterocycles. The van der Waals surface area contributed by atoms with E-state index in [4.69, 9.17) is 0 Å². The van der Waals surface area contributed by atoms with Crippen LogP contribution in [0.5, 0.6) is 5.75 Å². The lowest BCUT2D eigenvalue weighted by Gasteiger charge is -2.05. The highest BCUT2D eigenvalue weighted by Gasteiger charge is 2.04. The minimum Gasteiger partial charge on any atom is -0.508 e. The number of phenolic OH excluding ortho intramolecular Hbond substituents is 1. The number of amides is 1. The van der Waals surface area contributed by atoms with Crippen molar-refractivity contribution in [3.63, 3.8) is 0 Å². The summed E-state index contributed by atoms with van der Waals surface area (Å²) in [7, 11) is 0. The molecule has 3 nitrogen and oxygen atoms in total. The van der Waals surface area contributed by atoms with Gasteiger partial charge in [-0.25, -0.2) is 0 Å². The maximum absolute atomic E-state index is 11.8. The number of hydrogen-bond acceptors (Lipinski definition) is 2. The Kier molecular flexibility index (Phi) is 5.18. The van der Waals surface area contributed by atoms with Crippen LogP contribution in [0, 0.1) is 0 Å². The number of rotatable bonds is 6. The SMILES string of the molecule is O=C(NCCCCc1ccccc1)c1cccc(O)c1. The van der Waals surface area contributed by atoms with E-state index in [1.54, 1.807) is 18.2 Å². The standard InChI is InChI=1S/C17H19NO2/c19-16-11-6-10-15(13-16)17(20)18-12-5-4-9-14-7-2-1-3-8-14/h1-3,6-8,10-11,13,19H,4-5,9,12H2,(H,18,20). The van der Waals surface area contributed by atoms with E-state index < -0.39 is 0 Å². The van der Waals surface area contributed by atoms with Crippen LogP contribution in [0.3, 0.4) is 0 Å². The van der Waals surface area contributed by atoms with Gasteiger partial charge in [0, 0.05) is 12.1 Å². The third-order valence-corrected chi connectivity index (χ3v) is 3.13. The zero-order valence-corrected chi connectivity index (χ0v) is 11.4. The number of carbonyl (C=O) groups excluding carboxylic acids is 1. The molecule has 0 radical (unpaired) electrons. The Balaban J connectivity index is 1.67. The maximum atomic E-state index is 11.8. The first-order valence-electron chi connectivity index (χ1n) is 6.87. The van der Waals surface area contributed by atoms with Crippen molar-refractivity contribution in [2.45, 2.75) is 19.3 Å². The van der Waals surface area contributed by atoms with Crippen LogP contribution in [0.4, 0.5) is 0 Å². The molecule has 2 aromatic rings. The van der Waals surface area contributed by atoms with Gasteiger partial charge in [0.25, 0.3) is 5.91 Å². The highest BCUT2D eigenvalue weighted by molar-refractivity contribution is 5.94. The van der Waals surface area contributed by atoms with E-state index in [9.17, 15) is 9.90 Å². The van der Waals surface area contributed by atoms with Crippen LogP contribution in [-0.4, -0.2) is 17.6 Å². The second kappa shape index (κ2) is 7.34. The van der Waals surface area contributed by atoms with E-state index in [0.29, 0.717) is 12.1 Å². The first-order valence-corrected chi connectivity index (χ1v) is 6.87. The molecule has 2 N–H and O–H groups in total. The summed E-state index contributed by atoms with van der Waals surface area (Å²) in [6, 6.07) is 16.7. The highest BCUT2D eigenvalue weighted by Crippen LogP contribution is 2.10. The van der Waals surface area contributed by atoms with Crippen LogP contribution in [0.15, 0.2) is 54.6 Å². The van der Waals surface area contributed by atoms with Crippen molar-refractivity contribution in [2.75, 3.05) is 6.54 Å². The van der Waals surface area contributed by atoms with E-state index >= 15 is 0 Å². The van der Waals surface area contributed by atoms with E-state index in [-0.39, 0.29) is 11.7 Å². The molecule has 0 aliphatic heterocycles. The van der Waals surface area contributed by atoms with E-state index in [0.717, 1.165) is 19.3 Å². The lowest BCUT2D eigenvalue weighted by molar-refractivity contribution is 0.0952. The molecule has 20 heavy (non-hydrogen) atoms. The van der Waals surface area contributed by atoms with Gasteiger partial charge in [-0.2, -0.15) is 0 Å². The summed E-state index contributed by atoms with van der Waals surface area (Å²) in [6.45, 7) is 0.654. The van der Waals surface area contributed by atoms with Gasteiger partial charge in [0.2, 0.25) is 0 Å². The van der Waals surface area contributed by atoms with Crippen LogP contribution < -0.4 is 5.32 Å². The molecule has 0 saturated heterocycles. The van der Waals surface area contributed by atoms with Gasteiger partial charge in [0.15, 0.2) is 0 Å². The minimum absolute atomic E-state index is 0.113. The average Bonchev–Trinajstić information content (AvgIpc) is 2.48. The fourth-order valence-corrected chi connectivity index (χ4v) is 2.05. The molecule has 0 atom stereocenters. The molecule has 0 fully saturated rings. The summed E-state index contributed by atoms with van der Waals surface area (Å²) < 4.78 is 0. The normalized spacial score (nSPS) is 10.2. The number of carbonyl (C=O) groups is 1. The van der Waals surface area contributed by atoms with Crippen molar-refractivity contribution in [3.05, 3.63) is 65.7 Å². The summed E-state index contributed by atoms with van der Waals surface area (Å²) >= 11 is 0. The predicted octanol–water partition coefficient (Wildman–Crippen LogP) is 3.14. The van der Waals surface area contributed by atoms with Gasteiger partial charge in [0.1, 0.15) is 5.75 Å². The molecule has 2 rings (SSSR count). The van der Waals surface area contributed by atoms with Crippen molar-refractivity contribution in [1.29, 1.82) is 0 Å². The van der Waals surface area contributed by atoms with Crippen LogP contribution in [0.1, 0.15) is 28.8 Å². The molecule has 0 aromatic heterocycles. The second-order valence-electron chi connectivity index (χ2n) is 4.75. The van der Waals surface area contributed by atoms with Gasteiger partial charge in [-0.1, -0.05) is 36.4 Å². The van der Waals surface area contributed by atoms with Crippen LogP contribution in [0.2, 0.25) is 0 Å². The van der Waals surface area contributed by atoms with Gasteiger partial charge in [-0.3, -0.25) is 4.79 Å². The Morgan fingerprint density at radius 2 is 1.80 bits per heavy atom. The fourth-order valence-electron chi connectivity index (χ4n) is 2.05. The molecule has 0 saturated carbocycles. The topological polar surface area (TPSA) is 49.3 Å². The van der Waals surface area contributed by atoms with Gasteiger partial charge >= 0.3 is 0 Å². The number of hydrogen-bond donors (Lipinski definition) is 2. The number of benzene rings is 2. The Morgan fingerprint density at radius 1 is 1.00 bits per heavy atom. The molecule has 3 heteroatoms. The number of aryl methyl sites for hydroxylation is 1. The fraction of sp³-hybridized carbons (Fsp3) is 0.235. The van der Waals surface area contributed by atoms with Crippen molar-refractivity contribution in [2.24, 2.45) is 0 Å². The van der Waals surface area contributed by atoms with Gasteiger partial charge in [-0.05, 0) is 43.0 Å². The molecule has 0 aliphatic carbocycles. The van der Waals surface area contributed by atoms with E-state index in [1.165, 1.54) is 11.6 Å². The lowest BCUT2D eigenvalue weighted by atomic mass is 10.1. The quantitative estimate of drug-likeness (QED) is 0.791. The third-order valence-electron chi connectivity index (χ3n) is 3.13. The molecule has 0 bridgehead atoms. The average molecular weight is 269 g/mol. The highest BCUT2D eigenvalue weighted by atomic mass is 16.3. The minimum atomic E-state index is -0.138. The first-order chi connectivity index (χ1) is 9.75. The molecule has 0 spiro atoms. The molecule has 1 amide bonds. The smallest absolute Gasteiger partial charge is 0.251 e. The van der Waals surface area contributed by atoms with Crippen LogP contribution in [0.25, 0.3) is 0 Å². The van der Waals surface area contributed by atoms with E-state index in [2.05, 4.69) is 17.4 Å². The number of nitrogens with one attached hydrogen (secondary N) is 1. The van der Waals surface area contributed by atoms with Crippen LogP contribution >= 0.6 is 0 Å². The van der Waals surface area contributed by atoms with Gasteiger partial charge in [0.05, 0.1) is 0 Å². The molecular weight excluding hydrogens is 250 g/mol. The predicted molar refractivity (Wildman–Crippen MR) is 79.8 cm³/mol. The zero-order chi connectivity index (χ0) is 14.2. The summed E-state index contributed by atoms with van der Waals surface area (Å²) in [5.41, 5.74) is 1.82. The molecule has 0 unspecified atom stereocenters. The molecular formula is C17H19NO2. The monoisotopic (exact) mass is 269 g/mol. The molecule has 104 valence electrons. The molecule has 0 aliphatic rings. The van der Waals surface area contributed by atoms with Crippen molar-refractivity contribution >= 4 is 5.91 Å². The number of aromatic hydroxyl groups is 1. The van der Waals surface area contributed by atoms with E-state index in [1.807, 2.05) is 18.2 Å². The lowest BCUT2D eigenvalue weighted by Crippen LogP contribution is -2.24. The van der Waals surface area contributed by atoms with Gasteiger partial charge in [-0.15, -0.1) is 0 Å². The Bertz CT molecular complexity index is 552. The van der Waals surface area contributed by atoms with Crippen molar-refractivity contribution in [3.8, 4) is 5.75 Å². The first kappa shape index (κ1) is 14.1. The second-order valence-corrected chi connectivity index (χ2v) is 4.75.